The molecule has 108 valence electrons. The van der Waals surface area contributed by atoms with Crippen LogP contribution >= 0.6 is 15.9 Å². The molecular weight excluding hydrogens is 322 g/mol. The Bertz CT molecular complexity index is 545. The van der Waals surface area contributed by atoms with Crippen molar-refractivity contribution in [3.8, 4) is 0 Å². The summed E-state index contributed by atoms with van der Waals surface area (Å²) in [5, 5.41) is 3.98. The number of hydrogen-bond acceptors (Lipinski definition) is 5. The molecule has 0 bridgehead atoms. The molecule has 0 saturated heterocycles. The number of halogens is 1. The van der Waals surface area contributed by atoms with Crippen molar-refractivity contribution in [2.45, 2.75) is 25.3 Å². The van der Waals surface area contributed by atoms with Gasteiger partial charge in [0, 0.05) is 24.6 Å². The maximum absolute atomic E-state index is 6.01. The van der Waals surface area contributed by atoms with Gasteiger partial charge in [-0.15, -0.1) is 0 Å². The van der Waals surface area contributed by atoms with Gasteiger partial charge in [0.15, 0.2) is 5.82 Å². The predicted octanol–water partition coefficient (Wildman–Crippen LogP) is 2.85. The third-order valence-corrected chi connectivity index (χ3v) is 3.41. The third-order valence-electron chi connectivity index (χ3n) is 2.92. The molecule has 1 atom stereocenters. The molecule has 0 fully saturated rings. The van der Waals surface area contributed by atoms with E-state index in [1.165, 1.54) is 0 Å². The molecule has 0 amide bonds. The van der Waals surface area contributed by atoms with Gasteiger partial charge in [-0.05, 0) is 30.5 Å². The highest BCUT2D eigenvalue weighted by molar-refractivity contribution is 9.10. The standard InChI is InChI=1S/C14H18BrN3O2/c1-19-7-3-6-12(16)14-17-13(18-20-14)9-10-4-2-5-11(15)8-10/h2,4-5,8,12H,3,6-7,9,16H2,1H3. The summed E-state index contributed by atoms with van der Waals surface area (Å²) in [5.74, 6) is 1.14. The lowest BCUT2D eigenvalue weighted by molar-refractivity contribution is 0.188. The highest BCUT2D eigenvalue weighted by atomic mass is 79.9. The summed E-state index contributed by atoms with van der Waals surface area (Å²) < 4.78 is 11.3. The van der Waals surface area contributed by atoms with Gasteiger partial charge in [-0.25, -0.2) is 0 Å². The average molecular weight is 340 g/mol. The fraction of sp³-hybridized carbons (Fsp3) is 0.429. The fourth-order valence-electron chi connectivity index (χ4n) is 1.89. The van der Waals surface area contributed by atoms with Crippen molar-refractivity contribution in [1.82, 2.24) is 10.1 Å². The Morgan fingerprint density at radius 2 is 2.30 bits per heavy atom. The van der Waals surface area contributed by atoms with E-state index < -0.39 is 0 Å². The minimum atomic E-state index is -0.228. The van der Waals surface area contributed by atoms with E-state index in [0.717, 1.165) is 22.9 Å². The number of methoxy groups -OCH3 is 1. The molecule has 0 aliphatic rings. The van der Waals surface area contributed by atoms with Crippen LogP contribution in [0.15, 0.2) is 33.3 Å². The molecule has 0 radical (unpaired) electrons. The SMILES string of the molecule is COCCCC(N)c1nc(Cc2cccc(Br)c2)no1. The second-order valence-electron chi connectivity index (χ2n) is 4.60. The number of ether oxygens (including phenoxy) is 1. The molecule has 0 saturated carbocycles. The van der Waals surface area contributed by atoms with Gasteiger partial charge >= 0.3 is 0 Å². The Balaban J connectivity index is 1.94. The highest BCUT2D eigenvalue weighted by Gasteiger charge is 2.14. The third kappa shape index (κ3) is 4.40. The zero-order valence-electron chi connectivity index (χ0n) is 11.4. The molecule has 1 aromatic carbocycles. The van der Waals surface area contributed by atoms with Crippen molar-refractivity contribution in [2.75, 3.05) is 13.7 Å². The summed E-state index contributed by atoms with van der Waals surface area (Å²) in [6.45, 7) is 0.687. The Hall–Kier alpha value is -1.24. The number of nitrogens with zero attached hydrogens (tertiary/aromatic N) is 2. The lowest BCUT2D eigenvalue weighted by atomic mass is 10.1. The van der Waals surface area contributed by atoms with E-state index in [4.69, 9.17) is 15.0 Å². The van der Waals surface area contributed by atoms with Crippen LogP contribution in [0.25, 0.3) is 0 Å². The second-order valence-corrected chi connectivity index (χ2v) is 5.51. The molecule has 20 heavy (non-hydrogen) atoms. The second kappa shape index (κ2) is 7.52. The maximum atomic E-state index is 6.01. The number of aromatic nitrogens is 2. The van der Waals surface area contributed by atoms with Crippen molar-refractivity contribution in [1.29, 1.82) is 0 Å². The van der Waals surface area contributed by atoms with Crippen LogP contribution < -0.4 is 5.73 Å². The van der Waals surface area contributed by atoms with Gasteiger partial charge in [-0.2, -0.15) is 4.98 Å². The van der Waals surface area contributed by atoms with E-state index in [0.29, 0.717) is 24.7 Å². The van der Waals surface area contributed by atoms with Crippen molar-refractivity contribution in [2.24, 2.45) is 5.73 Å². The first-order valence-electron chi connectivity index (χ1n) is 6.50. The zero-order chi connectivity index (χ0) is 14.4. The van der Waals surface area contributed by atoms with Crippen LogP contribution in [0.2, 0.25) is 0 Å². The largest absolute Gasteiger partial charge is 0.385 e. The van der Waals surface area contributed by atoms with E-state index >= 15 is 0 Å². The Kier molecular flexibility index (Phi) is 5.70. The molecule has 1 unspecified atom stereocenters. The summed E-state index contributed by atoms with van der Waals surface area (Å²) in [7, 11) is 1.67. The van der Waals surface area contributed by atoms with E-state index in [2.05, 4.69) is 26.1 Å². The van der Waals surface area contributed by atoms with E-state index in [1.54, 1.807) is 7.11 Å². The topological polar surface area (TPSA) is 74.2 Å². The monoisotopic (exact) mass is 339 g/mol. The van der Waals surface area contributed by atoms with E-state index in [9.17, 15) is 0 Å². The summed E-state index contributed by atoms with van der Waals surface area (Å²) in [6, 6.07) is 7.80. The van der Waals surface area contributed by atoms with Gasteiger partial charge in [-0.1, -0.05) is 33.2 Å². The Morgan fingerprint density at radius 1 is 1.45 bits per heavy atom. The van der Waals surface area contributed by atoms with E-state index in [-0.39, 0.29) is 6.04 Å². The quantitative estimate of drug-likeness (QED) is 0.785. The maximum Gasteiger partial charge on any atom is 0.243 e. The Morgan fingerprint density at radius 3 is 3.05 bits per heavy atom. The van der Waals surface area contributed by atoms with Gasteiger partial charge in [-0.3, -0.25) is 0 Å². The van der Waals surface area contributed by atoms with Crippen LogP contribution in [-0.2, 0) is 11.2 Å². The van der Waals surface area contributed by atoms with Gasteiger partial charge < -0.3 is 15.0 Å². The number of rotatable bonds is 7. The fourth-order valence-corrected chi connectivity index (χ4v) is 2.34. The molecule has 6 heteroatoms. The molecule has 0 spiro atoms. The van der Waals surface area contributed by atoms with Crippen LogP contribution in [0.5, 0.6) is 0 Å². The lowest BCUT2D eigenvalue weighted by Gasteiger charge is -2.05. The van der Waals surface area contributed by atoms with Crippen LogP contribution in [0.4, 0.5) is 0 Å². The molecule has 1 aromatic heterocycles. The van der Waals surface area contributed by atoms with Crippen molar-refractivity contribution in [3.63, 3.8) is 0 Å². The zero-order valence-corrected chi connectivity index (χ0v) is 13.0. The van der Waals surface area contributed by atoms with Crippen LogP contribution in [-0.4, -0.2) is 23.9 Å². The van der Waals surface area contributed by atoms with Gasteiger partial charge in [0.1, 0.15) is 0 Å². The van der Waals surface area contributed by atoms with Gasteiger partial charge in [0.05, 0.1) is 6.04 Å². The Labute approximate surface area is 126 Å². The van der Waals surface area contributed by atoms with E-state index in [1.807, 2.05) is 24.3 Å². The van der Waals surface area contributed by atoms with Crippen LogP contribution in [0.3, 0.4) is 0 Å². The minimum Gasteiger partial charge on any atom is -0.385 e. The molecule has 5 nitrogen and oxygen atoms in total. The smallest absolute Gasteiger partial charge is 0.243 e. The van der Waals surface area contributed by atoms with Crippen LogP contribution in [0, 0.1) is 0 Å². The number of hydrogen-bond donors (Lipinski definition) is 1. The van der Waals surface area contributed by atoms with Gasteiger partial charge in [0.2, 0.25) is 5.89 Å². The lowest BCUT2D eigenvalue weighted by Crippen LogP contribution is -2.11. The summed E-state index contributed by atoms with van der Waals surface area (Å²) >= 11 is 3.44. The molecule has 2 aromatic rings. The normalized spacial score (nSPS) is 12.6. The van der Waals surface area contributed by atoms with Crippen molar-refractivity contribution < 1.29 is 9.26 Å². The number of nitrogens with two attached hydrogens (primary N) is 1. The number of benzene rings is 1. The first-order chi connectivity index (χ1) is 9.69. The minimum absolute atomic E-state index is 0.228. The summed E-state index contributed by atoms with van der Waals surface area (Å²) in [6.07, 6.45) is 2.28. The molecule has 0 aliphatic carbocycles. The molecule has 1 heterocycles. The van der Waals surface area contributed by atoms with Crippen molar-refractivity contribution in [3.05, 3.63) is 46.0 Å². The summed E-state index contributed by atoms with van der Waals surface area (Å²) in [4.78, 5) is 4.35. The average Bonchev–Trinajstić information content (AvgIpc) is 2.87. The molecule has 0 aliphatic heterocycles. The first-order valence-corrected chi connectivity index (χ1v) is 7.30. The molecular formula is C14H18BrN3O2. The molecule has 2 N–H and O–H groups in total. The van der Waals surface area contributed by atoms with Gasteiger partial charge in [0.25, 0.3) is 0 Å². The predicted molar refractivity (Wildman–Crippen MR) is 79.3 cm³/mol. The van der Waals surface area contributed by atoms with Crippen molar-refractivity contribution >= 4 is 15.9 Å². The van der Waals surface area contributed by atoms with Crippen LogP contribution in [0.1, 0.15) is 36.2 Å². The highest BCUT2D eigenvalue weighted by Crippen LogP contribution is 2.17. The first kappa shape index (κ1) is 15.2. The summed E-state index contributed by atoms with van der Waals surface area (Å²) in [5.41, 5.74) is 7.13. The molecule has 2 rings (SSSR count).